The van der Waals surface area contributed by atoms with Crippen molar-refractivity contribution < 1.29 is 4.74 Å². The van der Waals surface area contributed by atoms with Crippen LogP contribution in [0.15, 0.2) is 6.07 Å². The van der Waals surface area contributed by atoms with Gasteiger partial charge in [-0.05, 0) is 32.7 Å². The maximum Gasteiger partial charge on any atom is 0.223 e. The van der Waals surface area contributed by atoms with E-state index in [1.807, 2.05) is 0 Å². The van der Waals surface area contributed by atoms with Crippen LogP contribution in [0.3, 0.4) is 0 Å². The molecule has 4 rings (SSSR count). The highest BCUT2D eigenvalue weighted by Crippen LogP contribution is 2.32. The lowest BCUT2D eigenvalue weighted by molar-refractivity contribution is -0.115. The van der Waals surface area contributed by atoms with Gasteiger partial charge >= 0.3 is 0 Å². The highest BCUT2D eigenvalue weighted by atomic mass is 16.5. The maximum atomic E-state index is 6.16. The predicted molar refractivity (Wildman–Crippen MR) is 95.5 cm³/mol. The molecule has 0 aromatic carbocycles. The minimum absolute atomic E-state index is 0.0276. The smallest absolute Gasteiger partial charge is 0.223 e. The molecule has 0 bridgehead atoms. The van der Waals surface area contributed by atoms with Crippen LogP contribution in [0.2, 0.25) is 0 Å². The van der Waals surface area contributed by atoms with Gasteiger partial charge in [-0.2, -0.15) is 9.97 Å². The molecule has 0 atom stereocenters. The first kappa shape index (κ1) is 15.9. The molecule has 1 aromatic heterocycles. The second-order valence-corrected chi connectivity index (χ2v) is 7.39. The van der Waals surface area contributed by atoms with E-state index in [0.29, 0.717) is 5.95 Å². The van der Waals surface area contributed by atoms with Crippen LogP contribution in [-0.2, 0) is 4.74 Å². The molecule has 0 aliphatic carbocycles. The van der Waals surface area contributed by atoms with Gasteiger partial charge < -0.3 is 25.2 Å². The lowest BCUT2D eigenvalue weighted by Crippen LogP contribution is -2.56. The molecular weight excluding hydrogens is 304 g/mol. The minimum atomic E-state index is 0.0276. The Morgan fingerprint density at radius 1 is 1.00 bits per heavy atom. The second-order valence-electron chi connectivity index (χ2n) is 7.39. The average molecular weight is 332 g/mol. The molecule has 3 aliphatic heterocycles. The van der Waals surface area contributed by atoms with Crippen LogP contribution >= 0.6 is 0 Å². The number of nitrogen functional groups attached to an aromatic ring is 1. The average Bonchev–Trinajstić information content (AvgIpc) is 3.09. The maximum absolute atomic E-state index is 6.16. The van der Waals surface area contributed by atoms with Crippen LogP contribution in [0.25, 0.3) is 0 Å². The monoisotopic (exact) mass is 332 g/mol. The molecule has 3 saturated heterocycles. The quantitative estimate of drug-likeness (QED) is 0.865. The van der Waals surface area contributed by atoms with Crippen molar-refractivity contribution in [2.24, 2.45) is 0 Å². The molecule has 0 amide bonds. The summed E-state index contributed by atoms with van der Waals surface area (Å²) in [5.41, 5.74) is 6.01. The number of likely N-dealkylation sites (N-methyl/N-ethyl adjacent to an activating group) is 1. The Labute approximate surface area is 143 Å². The highest BCUT2D eigenvalue weighted by molar-refractivity contribution is 5.54. The van der Waals surface area contributed by atoms with Crippen molar-refractivity contribution >= 4 is 17.6 Å². The molecule has 1 aromatic rings. The molecule has 3 aliphatic rings. The molecule has 3 fully saturated rings. The lowest BCUT2D eigenvalue weighted by atomic mass is 9.89. The Morgan fingerprint density at radius 3 is 2.25 bits per heavy atom. The van der Waals surface area contributed by atoms with Crippen molar-refractivity contribution in [1.82, 2.24) is 14.9 Å². The molecule has 7 heteroatoms. The van der Waals surface area contributed by atoms with Gasteiger partial charge in [-0.3, -0.25) is 0 Å². The van der Waals surface area contributed by atoms with Crippen molar-refractivity contribution in [2.75, 3.05) is 68.5 Å². The molecule has 7 nitrogen and oxygen atoms in total. The van der Waals surface area contributed by atoms with Gasteiger partial charge in [0.1, 0.15) is 11.6 Å². The van der Waals surface area contributed by atoms with E-state index in [2.05, 4.69) is 37.8 Å². The summed E-state index contributed by atoms with van der Waals surface area (Å²) in [6.45, 7) is 6.97. The standard InChI is InChI=1S/C17H28N6O/c1-21-10-11-24-17(13-21)4-8-23(9-5-17)15-12-14(19-16(18)20-15)22-6-2-3-7-22/h12H,2-11,13H2,1H3,(H2,18,19,20). The molecule has 0 saturated carbocycles. The normalized spacial score (nSPS) is 24.7. The number of nitrogens with zero attached hydrogens (tertiary/aromatic N) is 5. The van der Waals surface area contributed by atoms with Gasteiger partial charge in [0, 0.05) is 45.3 Å². The van der Waals surface area contributed by atoms with Gasteiger partial charge in [0.25, 0.3) is 0 Å². The topological polar surface area (TPSA) is 70.8 Å². The van der Waals surface area contributed by atoms with E-state index in [0.717, 1.165) is 70.4 Å². The van der Waals surface area contributed by atoms with Crippen molar-refractivity contribution in [3.63, 3.8) is 0 Å². The molecule has 132 valence electrons. The Morgan fingerprint density at radius 2 is 1.62 bits per heavy atom. The third kappa shape index (κ3) is 3.15. The van der Waals surface area contributed by atoms with Crippen LogP contribution in [0.1, 0.15) is 25.7 Å². The van der Waals surface area contributed by atoms with E-state index >= 15 is 0 Å². The molecule has 0 unspecified atom stereocenters. The Hall–Kier alpha value is -1.60. The summed E-state index contributed by atoms with van der Waals surface area (Å²) in [4.78, 5) is 16.0. The van der Waals surface area contributed by atoms with Gasteiger partial charge in [0.2, 0.25) is 5.95 Å². The summed E-state index contributed by atoms with van der Waals surface area (Å²) in [5, 5.41) is 0. The van der Waals surface area contributed by atoms with Crippen LogP contribution in [-0.4, -0.2) is 73.4 Å². The summed E-state index contributed by atoms with van der Waals surface area (Å²) in [7, 11) is 2.18. The van der Waals surface area contributed by atoms with Gasteiger partial charge in [-0.1, -0.05) is 0 Å². The number of hydrogen-bond acceptors (Lipinski definition) is 7. The second kappa shape index (κ2) is 6.37. The largest absolute Gasteiger partial charge is 0.372 e. The van der Waals surface area contributed by atoms with E-state index in [-0.39, 0.29) is 5.60 Å². The zero-order valence-corrected chi connectivity index (χ0v) is 14.6. The highest BCUT2D eigenvalue weighted by Gasteiger charge is 2.39. The molecule has 24 heavy (non-hydrogen) atoms. The summed E-state index contributed by atoms with van der Waals surface area (Å²) in [5.74, 6) is 2.32. The fourth-order valence-corrected chi connectivity index (χ4v) is 4.19. The molecule has 4 heterocycles. The minimum Gasteiger partial charge on any atom is -0.372 e. The molecule has 0 radical (unpaired) electrons. The van der Waals surface area contributed by atoms with Gasteiger partial charge in [-0.15, -0.1) is 0 Å². The summed E-state index contributed by atoms with van der Waals surface area (Å²) in [6, 6.07) is 2.10. The van der Waals surface area contributed by atoms with E-state index in [4.69, 9.17) is 10.5 Å². The predicted octanol–water partition coefficient (Wildman–Crippen LogP) is 0.960. The SMILES string of the molecule is CN1CCOC2(CCN(c3cc(N4CCCC4)nc(N)n3)CC2)C1. The number of morpholine rings is 1. The Balaban J connectivity index is 1.47. The number of rotatable bonds is 2. The van der Waals surface area contributed by atoms with Crippen molar-refractivity contribution in [3.8, 4) is 0 Å². The third-order valence-corrected chi connectivity index (χ3v) is 5.58. The summed E-state index contributed by atoms with van der Waals surface area (Å²) < 4.78 is 6.16. The number of nitrogens with two attached hydrogens (primary N) is 1. The van der Waals surface area contributed by atoms with E-state index in [1.165, 1.54) is 12.8 Å². The van der Waals surface area contributed by atoms with Crippen molar-refractivity contribution in [2.45, 2.75) is 31.3 Å². The van der Waals surface area contributed by atoms with Crippen molar-refractivity contribution in [3.05, 3.63) is 6.07 Å². The summed E-state index contributed by atoms with van der Waals surface area (Å²) >= 11 is 0. The lowest BCUT2D eigenvalue weighted by Gasteiger charge is -2.46. The fourth-order valence-electron chi connectivity index (χ4n) is 4.19. The van der Waals surface area contributed by atoms with Gasteiger partial charge in [0.05, 0.1) is 12.2 Å². The van der Waals surface area contributed by atoms with Crippen molar-refractivity contribution in [1.29, 1.82) is 0 Å². The van der Waals surface area contributed by atoms with E-state index in [1.54, 1.807) is 0 Å². The Bertz CT molecular complexity index is 580. The molecule has 1 spiro atoms. The molecule has 2 N–H and O–H groups in total. The fraction of sp³-hybridized carbons (Fsp3) is 0.765. The van der Waals surface area contributed by atoms with Gasteiger partial charge in [-0.25, -0.2) is 0 Å². The zero-order chi connectivity index (χ0) is 16.6. The van der Waals surface area contributed by atoms with E-state index in [9.17, 15) is 0 Å². The van der Waals surface area contributed by atoms with E-state index < -0.39 is 0 Å². The Kier molecular flexibility index (Phi) is 4.22. The van der Waals surface area contributed by atoms with Crippen LogP contribution < -0.4 is 15.5 Å². The number of aromatic nitrogens is 2. The van der Waals surface area contributed by atoms with Crippen LogP contribution in [0, 0.1) is 0 Å². The number of ether oxygens (including phenoxy) is 1. The number of hydrogen-bond donors (Lipinski definition) is 1. The third-order valence-electron chi connectivity index (χ3n) is 5.58. The first-order valence-electron chi connectivity index (χ1n) is 9.11. The number of anilines is 3. The van der Waals surface area contributed by atoms with Gasteiger partial charge in [0.15, 0.2) is 0 Å². The first-order valence-corrected chi connectivity index (χ1v) is 9.11. The zero-order valence-electron chi connectivity index (χ0n) is 14.6. The first-order chi connectivity index (χ1) is 11.6. The molecular formula is C17H28N6O. The number of piperidine rings is 1. The summed E-state index contributed by atoms with van der Waals surface area (Å²) in [6.07, 6.45) is 4.55. The van der Waals surface area contributed by atoms with Crippen LogP contribution in [0.4, 0.5) is 17.6 Å². The van der Waals surface area contributed by atoms with Crippen LogP contribution in [0.5, 0.6) is 0 Å².